The van der Waals surface area contributed by atoms with Crippen LogP contribution in [-0.2, 0) is 4.79 Å². The fourth-order valence-corrected chi connectivity index (χ4v) is 2.36. The van der Waals surface area contributed by atoms with Gasteiger partial charge in [0.25, 0.3) is 0 Å². The van der Waals surface area contributed by atoms with Gasteiger partial charge in [-0.3, -0.25) is 9.69 Å². The predicted octanol–water partition coefficient (Wildman–Crippen LogP) is 2.81. The van der Waals surface area contributed by atoms with Crippen molar-refractivity contribution in [2.45, 2.75) is 25.2 Å². The third kappa shape index (κ3) is 3.63. The Bertz CT molecular complexity index is 467. The van der Waals surface area contributed by atoms with E-state index in [1.807, 2.05) is 4.90 Å². The molecule has 1 saturated heterocycles. The Labute approximate surface area is 113 Å². The van der Waals surface area contributed by atoms with Crippen molar-refractivity contribution in [1.29, 1.82) is 0 Å². The molecule has 0 spiro atoms. The molecule has 0 aromatic heterocycles. The number of carbonyl (C=O) groups is 1. The van der Waals surface area contributed by atoms with E-state index in [0.29, 0.717) is 18.7 Å². The van der Waals surface area contributed by atoms with Gasteiger partial charge in [-0.25, -0.2) is 0 Å². The summed E-state index contributed by atoms with van der Waals surface area (Å²) in [4.78, 5) is 13.2. The standard InChI is InChI=1S/C13H14F3NO3/c14-13(15,16)20-10-5-3-9(4-6-10)11(12(18)19)17-7-1-2-8-17/h3-6,11H,1-2,7-8H2,(H,18,19). The molecule has 1 atom stereocenters. The van der Waals surface area contributed by atoms with Crippen LogP contribution in [-0.4, -0.2) is 35.4 Å². The first-order valence-corrected chi connectivity index (χ1v) is 6.19. The van der Waals surface area contributed by atoms with E-state index in [1.165, 1.54) is 12.1 Å². The first kappa shape index (κ1) is 14.6. The van der Waals surface area contributed by atoms with E-state index in [9.17, 15) is 23.1 Å². The summed E-state index contributed by atoms with van der Waals surface area (Å²) < 4.78 is 39.9. The number of benzene rings is 1. The molecule has 0 amide bonds. The molecule has 1 unspecified atom stereocenters. The van der Waals surface area contributed by atoms with Crippen molar-refractivity contribution in [2.24, 2.45) is 0 Å². The van der Waals surface area contributed by atoms with Crippen LogP contribution in [0.1, 0.15) is 24.4 Å². The Kier molecular flexibility index (Phi) is 4.17. The van der Waals surface area contributed by atoms with Gasteiger partial charge in [-0.15, -0.1) is 13.2 Å². The molecular formula is C13H14F3NO3. The van der Waals surface area contributed by atoms with Gasteiger partial charge in [0.05, 0.1) is 0 Å². The number of aliphatic carboxylic acids is 1. The molecule has 2 rings (SSSR count). The number of alkyl halides is 3. The molecule has 20 heavy (non-hydrogen) atoms. The first-order valence-electron chi connectivity index (χ1n) is 6.19. The van der Waals surface area contributed by atoms with Crippen LogP contribution in [0, 0.1) is 0 Å². The SMILES string of the molecule is O=C(O)C(c1ccc(OC(F)(F)F)cc1)N1CCCC1. The van der Waals surface area contributed by atoms with Gasteiger partial charge in [0.2, 0.25) is 0 Å². The minimum Gasteiger partial charge on any atom is -0.480 e. The highest BCUT2D eigenvalue weighted by molar-refractivity contribution is 5.75. The lowest BCUT2D eigenvalue weighted by atomic mass is 10.1. The minimum absolute atomic E-state index is 0.355. The third-order valence-electron chi connectivity index (χ3n) is 3.17. The van der Waals surface area contributed by atoms with Gasteiger partial charge in [-0.05, 0) is 43.6 Å². The maximum Gasteiger partial charge on any atom is 0.573 e. The van der Waals surface area contributed by atoms with E-state index < -0.39 is 18.4 Å². The lowest BCUT2D eigenvalue weighted by Crippen LogP contribution is -2.31. The molecule has 0 aliphatic carbocycles. The third-order valence-corrected chi connectivity index (χ3v) is 3.17. The number of halogens is 3. The van der Waals surface area contributed by atoms with Gasteiger partial charge in [0, 0.05) is 0 Å². The van der Waals surface area contributed by atoms with Crippen LogP contribution in [0.4, 0.5) is 13.2 Å². The average molecular weight is 289 g/mol. The van der Waals surface area contributed by atoms with E-state index in [2.05, 4.69) is 4.74 Å². The Hall–Kier alpha value is -1.76. The average Bonchev–Trinajstić information content (AvgIpc) is 2.83. The van der Waals surface area contributed by atoms with Crippen molar-refractivity contribution < 1.29 is 27.8 Å². The Balaban J connectivity index is 2.16. The summed E-state index contributed by atoms with van der Waals surface area (Å²) in [7, 11) is 0. The Morgan fingerprint density at radius 3 is 2.20 bits per heavy atom. The zero-order valence-corrected chi connectivity index (χ0v) is 10.6. The molecule has 1 aromatic rings. The van der Waals surface area contributed by atoms with Crippen molar-refractivity contribution >= 4 is 5.97 Å². The van der Waals surface area contributed by atoms with Crippen LogP contribution in [0.5, 0.6) is 5.75 Å². The van der Waals surface area contributed by atoms with Crippen LogP contribution in [0.15, 0.2) is 24.3 Å². The van der Waals surface area contributed by atoms with Gasteiger partial charge >= 0.3 is 12.3 Å². The molecule has 0 radical (unpaired) electrons. The van der Waals surface area contributed by atoms with Crippen molar-refractivity contribution in [3.8, 4) is 5.75 Å². The number of carboxylic acid groups (broad SMARTS) is 1. The molecule has 1 fully saturated rings. The van der Waals surface area contributed by atoms with E-state index in [1.54, 1.807) is 0 Å². The number of ether oxygens (including phenoxy) is 1. The largest absolute Gasteiger partial charge is 0.573 e. The normalized spacial score (nSPS) is 17.9. The highest BCUT2D eigenvalue weighted by Gasteiger charge is 2.32. The van der Waals surface area contributed by atoms with Crippen molar-refractivity contribution in [1.82, 2.24) is 4.90 Å². The van der Waals surface area contributed by atoms with Crippen molar-refractivity contribution in [2.75, 3.05) is 13.1 Å². The van der Waals surface area contributed by atoms with Gasteiger partial charge < -0.3 is 9.84 Å². The van der Waals surface area contributed by atoms with Gasteiger partial charge in [-0.1, -0.05) is 12.1 Å². The van der Waals surface area contributed by atoms with Crippen LogP contribution in [0.3, 0.4) is 0 Å². The zero-order chi connectivity index (χ0) is 14.8. The van der Waals surface area contributed by atoms with Crippen LogP contribution >= 0.6 is 0 Å². The van der Waals surface area contributed by atoms with E-state index in [4.69, 9.17) is 0 Å². The lowest BCUT2D eigenvalue weighted by Gasteiger charge is -2.24. The van der Waals surface area contributed by atoms with Crippen LogP contribution in [0.25, 0.3) is 0 Å². The number of nitrogens with zero attached hydrogens (tertiary/aromatic N) is 1. The molecule has 1 aliphatic heterocycles. The molecule has 4 nitrogen and oxygen atoms in total. The van der Waals surface area contributed by atoms with Crippen LogP contribution in [0.2, 0.25) is 0 Å². The quantitative estimate of drug-likeness (QED) is 0.926. The van der Waals surface area contributed by atoms with Gasteiger partial charge in [0.15, 0.2) is 0 Å². The summed E-state index contributed by atoms with van der Waals surface area (Å²) in [5, 5.41) is 9.29. The summed E-state index contributed by atoms with van der Waals surface area (Å²) >= 11 is 0. The van der Waals surface area contributed by atoms with Crippen molar-refractivity contribution in [3.63, 3.8) is 0 Å². The van der Waals surface area contributed by atoms with Gasteiger partial charge in [0.1, 0.15) is 11.8 Å². The summed E-state index contributed by atoms with van der Waals surface area (Å²) in [6.07, 6.45) is -2.89. The number of hydrogen-bond acceptors (Lipinski definition) is 3. The highest BCUT2D eigenvalue weighted by Crippen LogP contribution is 2.28. The molecule has 1 heterocycles. The van der Waals surface area contributed by atoms with Gasteiger partial charge in [-0.2, -0.15) is 0 Å². The molecule has 1 N–H and O–H groups in total. The van der Waals surface area contributed by atoms with E-state index in [-0.39, 0.29) is 5.75 Å². The second kappa shape index (κ2) is 5.70. The maximum absolute atomic E-state index is 12.0. The molecule has 0 saturated carbocycles. The summed E-state index contributed by atoms with van der Waals surface area (Å²) in [6, 6.07) is 4.16. The topological polar surface area (TPSA) is 49.8 Å². The fourth-order valence-electron chi connectivity index (χ4n) is 2.36. The Morgan fingerprint density at radius 2 is 1.75 bits per heavy atom. The molecule has 1 aromatic carbocycles. The highest BCUT2D eigenvalue weighted by atomic mass is 19.4. The first-order chi connectivity index (χ1) is 9.37. The minimum atomic E-state index is -4.75. The smallest absolute Gasteiger partial charge is 0.480 e. The molecular weight excluding hydrogens is 275 g/mol. The predicted molar refractivity (Wildman–Crippen MR) is 64.3 cm³/mol. The summed E-state index contributed by atoms with van der Waals surface area (Å²) in [5.41, 5.74) is 0.453. The number of hydrogen-bond donors (Lipinski definition) is 1. The number of rotatable bonds is 4. The Morgan fingerprint density at radius 1 is 1.20 bits per heavy atom. The summed E-state index contributed by atoms with van der Waals surface area (Å²) in [6.45, 7) is 1.36. The van der Waals surface area contributed by atoms with E-state index >= 15 is 0 Å². The molecule has 7 heteroatoms. The molecule has 0 bridgehead atoms. The second-order valence-corrected chi connectivity index (χ2v) is 4.60. The molecule has 110 valence electrons. The maximum atomic E-state index is 12.0. The lowest BCUT2D eigenvalue weighted by molar-refractivity contribution is -0.274. The fraction of sp³-hybridized carbons (Fsp3) is 0.462. The monoisotopic (exact) mass is 289 g/mol. The van der Waals surface area contributed by atoms with E-state index in [0.717, 1.165) is 25.0 Å². The van der Waals surface area contributed by atoms with Crippen molar-refractivity contribution in [3.05, 3.63) is 29.8 Å². The van der Waals surface area contributed by atoms with Crippen LogP contribution < -0.4 is 4.74 Å². The summed E-state index contributed by atoms with van der Waals surface area (Å²) in [5.74, 6) is -1.36. The molecule has 1 aliphatic rings. The number of likely N-dealkylation sites (tertiary alicyclic amines) is 1. The second-order valence-electron chi connectivity index (χ2n) is 4.60. The number of carboxylic acids is 1. The zero-order valence-electron chi connectivity index (χ0n) is 10.6.